The molecule has 0 atom stereocenters. The maximum atomic E-state index is 13.2. The first-order valence-corrected chi connectivity index (χ1v) is 5.53. The van der Waals surface area contributed by atoms with Crippen molar-refractivity contribution in [2.45, 2.75) is 0 Å². The average Bonchev–Trinajstić information content (AvgIpc) is 2.37. The Morgan fingerprint density at radius 1 is 1.37 bits per heavy atom. The molecule has 1 aromatic carbocycles. The molecule has 0 saturated heterocycles. The Kier molecular flexibility index (Phi) is 3.33. The number of carbonyl (C=O) groups is 1. The van der Waals surface area contributed by atoms with Crippen LogP contribution < -0.4 is 16.4 Å². The molecule has 4 N–H and O–H groups in total. The van der Waals surface area contributed by atoms with Crippen molar-refractivity contribution in [2.24, 2.45) is 5.73 Å². The van der Waals surface area contributed by atoms with Gasteiger partial charge in [0.1, 0.15) is 11.6 Å². The number of carbonyl (C=O) groups excluding carboxylic acids is 1. The predicted octanol–water partition coefficient (Wildman–Crippen LogP) is 1.67. The highest BCUT2D eigenvalue weighted by atomic mass is 19.1. The topological polar surface area (TPSA) is 85.2 Å². The summed E-state index contributed by atoms with van der Waals surface area (Å²) in [7, 11) is 1.69. The Bertz CT molecular complexity index is 630. The molecule has 2 aromatic rings. The second-order valence-electron chi connectivity index (χ2n) is 4.03. The van der Waals surface area contributed by atoms with Crippen molar-refractivity contribution >= 4 is 23.1 Å². The number of nitrogens with zero attached hydrogens (tertiary/aromatic N) is 2. The number of rotatable bonds is 3. The fourth-order valence-electron chi connectivity index (χ4n) is 1.75. The molecule has 0 saturated carbocycles. The lowest BCUT2D eigenvalue weighted by molar-refractivity contribution is 0.100. The van der Waals surface area contributed by atoms with Crippen molar-refractivity contribution in [1.29, 1.82) is 0 Å². The third kappa shape index (κ3) is 2.62. The van der Waals surface area contributed by atoms with Crippen molar-refractivity contribution in [1.82, 2.24) is 4.98 Å². The summed E-state index contributed by atoms with van der Waals surface area (Å²) in [6, 6.07) is 7.38. The largest absolute Gasteiger partial charge is 0.384 e. The van der Waals surface area contributed by atoms with Crippen LogP contribution in [0.3, 0.4) is 0 Å². The van der Waals surface area contributed by atoms with Crippen LogP contribution in [0.25, 0.3) is 0 Å². The number of primary amides is 1. The van der Waals surface area contributed by atoms with Crippen LogP contribution in [-0.2, 0) is 0 Å². The van der Waals surface area contributed by atoms with Crippen LogP contribution in [0.1, 0.15) is 10.4 Å². The molecule has 5 nitrogen and oxygen atoms in total. The highest BCUT2D eigenvalue weighted by molar-refractivity contribution is 6.00. The van der Waals surface area contributed by atoms with Crippen LogP contribution in [0.5, 0.6) is 0 Å². The molecule has 0 aliphatic carbocycles. The lowest BCUT2D eigenvalue weighted by atomic mass is 10.1. The number of halogens is 1. The Labute approximate surface area is 109 Å². The molecular formula is C13H13FN4O. The number of hydrogen-bond donors (Lipinski definition) is 2. The highest BCUT2D eigenvalue weighted by Gasteiger charge is 2.14. The molecule has 1 heterocycles. The first-order chi connectivity index (χ1) is 8.99. The summed E-state index contributed by atoms with van der Waals surface area (Å²) in [4.78, 5) is 17.0. The van der Waals surface area contributed by atoms with Crippen molar-refractivity contribution in [2.75, 3.05) is 17.7 Å². The molecule has 1 aromatic heterocycles. The van der Waals surface area contributed by atoms with E-state index in [1.807, 2.05) is 0 Å². The summed E-state index contributed by atoms with van der Waals surface area (Å²) in [5.41, 5.74) is 12.1. The lowest BCUT2D eigenvalue weighted by Gasteiger charge is -2.21. The van der Waals surface area contributed by atoms with Crippen LogP contribution in [0.2, 0.25) is 0 Å². The molecule has 1 amide bonds. The molecule has 0 radical (unpaired) electrons. The maximum Gasteiger partial charge on any atom is 0.251 e. The van der Waals surface area contributed by atoms with Gasteiger partial charge in [-0.15, -0.1) is 0 Å². The van der Waals surface area contributed by atoms with E-state index in [0.29, 0.717) is 11.4 Å². The summed E-state index contributed by atoms with van der Waals surface area (Å²) < 4.78 is 13.2. The number of hydrogen-bond acceptors (Lipinski definition) is 4. The standard InChI is InChI=1S/C13H13FN4O/c1-18(9-4-2-3-8(14)5-9)11-7-17-12(15)6-10(11)13(16)19/h2-7H,1H3,(H2,15,17)(H2,16,19). The monoisotopic (exact) mass is 260 g/mol. The quantitative estimate of drug-likeness (QED) is 0.879. The zero-order chi connectivity index (χ0) is 14.0. The smallest absolute Gasteiger partial charge is 0.251 e. The molecule has 0 fully saturated rings. The molecule has 98 valence electrons. The van der Waals surface area contributed by atoms with Crippen LogP contribution >= 0.6 is 0 Å². The molecule has 0 bridgehead atoms. The number of nitrogen functional groups attached to an aromatic ring is 1. The van der Waals surface area contributed by atoms with Crippen molar-refractivity contribution in [3.8, 4) is 0 Å². The van der Waals surface area contributed by atoms with Gasteiger partial charge in [-0.05, 0) is 24.3 Å². The van der Waals surface area contributed by atoms with Gasteiger partial charge in [0.05, 0.1) is 17.4 Å². The number of benzene rings is 1. The van der Waals surface area contributed by atoms with E-state index >= 15 is 0 Å². The molecule has 0 unspecified atom stereocenters. The number of aromatic nitrogens is 1. The summed E-state index contributed by atoms with van der Waals surface area (Å²) in [6.07, 6.45) is 1.43. The van der Waals surface area contributed by atoms with Crippen molar-refractivity contribution in [3.05, 3.63) is 47.9 Å². The molecule has 6 heteroatoms. The van der Waals surface area contributed by atoms with E-state index in [-0.39, 0.29) is 17.2 Å². The summed E-state index contributed by atoms with van der Waals surface area (Å²) >= 11 is 0. The van der Waals surface area contributed by atoms with Gasteiger partial charge in [-0.2, -0.15) is 0 Å². The van der Waals surface area contributed by atoms with Gasteiger partial charge >= 0.3 is 0 Å². The van der Waals surface area contributed by atoms with E-state index < -0.39 is 5.91 Å². The Hall–Kier alpha value is -2.63. The minimum atomic E-state index is -0.618. The van der Waals surface area contributed by atoms with E-state index in [1.54, 1.807) is 24.1 Å². The molecule has 0 spiro atoms. The second kappa shape index (κ2) is 4.93. The second-order valence-corrected chi connectivity index (χ2v) is 4.03. The van der Waals surface area contributed by atoms with E-state index in [4.69, 9.17) is 11.5 Å². The molecule has 19 heavy (non-hydrogen) atoms. The first-order valence-electron chi connectivity index (χ1n) is 5.53. The van der Waals surface area contributed by atoms with Gasteiger partial charge in [-0.25, -0.2) is 9.37 Å². The van der Waals surface area contributed by atoms with Crippen LogP contribution in [-0.4, -0.2) is 17.9 Å². The zero-order valence-corrected chi connectivity index (χ0v) is 10.3. The van der Waals surface area contributed by atoms with Gasteiger partial charge < -0.3 is 16.4 Å². The number of anilines is 3. The Morgan fingerprint density at radius 2 is 2.11 bits per heavy atom. The maximum absolute atomic E-state index is 13.2. The van der Waals surface area contributed by atoms with Gasteiger partial charge in [-0.3, -0.25) is 4.79 Å². The SMILES string of the molecule is CN(c1cccc(F)c1)c1cnc(N)cc1C(N)=O. The highest BCUT2D eigenvalue weighted by Crippen LogP contribution is 2.27. The summed E-state index contributed by atoms with van der Waals surface area (Å²) in [6.45, 7) is 0. The third-order valence-electron chi connectivity index (χ3n) is 2.73. The minimum Gasteiger partial charge on any atom is -0.384 e. The normalized spacial score (nSPS) is 10.2. The van der Waals surface area contributed by atoms with Crippen LogP contribution in [0, 0.1) is 5.82 Å². The first kappa shape index (κ1) is 12.8. The van der Waals surface area contributed by atoms with E-state index in [0.717, 1.165) is 0 Å². The molecule has 0 aliphatic rings. The van der Waals surface area contributed by atoms with Crippen LogP contribution in [0.4, 0.5) is 21.6 Å². The Balaban J connectivity index is 2.49. The fourth-order valence-corrected chi connectivity index (χ4v) is 1.75. The van der Waals surface area contributed by atoms with E-state index in [9.17, 15) is 9.18 Å². The zero-order valence-electron chi connectivity index (χ0n) is 10.3. The molecular weight excluding hydrogens is 247 g/mol. The van der Waals surface area contributed by atoms with Gasteiger partial charge in [0, 0.05) is 12.7 Å². The molecule has 0 aliphatic heterocycles. The van der Waals surface area contributed by atoms with Crippen molar-refractivity contribution in [3.63, 3.8) is 0 Å². The van der Waals surface area contributed by atoms with Gasteiger partial charge in [0.25, 0.3) is 5.91 Å². The number of pyridine rings is 1. The summed E-state index contributed by atoms with van der Waals surface area (Å²) in [5, 5.41) is 0. The lowest BCUT2D eigenvalue weighted by Crippen LogP contribution is -2.19. The average molecular weight is 260 g/mol. The van der Waals surface area contributed by atoms with Gasteiger partial charge in [0.15, 0.2) is 0 Å². The Morgan fingerprint density at radius 3 is 2.74 bits per heavy atom. The van der Waals surface area contributed by atoms with Crippen LogP contribution in [0.15, 0.2) is 36.5 Å². The third-order valence-corrected chi connectivity index (χ3v) is 2.73. The number of nitrogens with two attached hydrogens (primary N) is 2. The van der Waals surface area contributed by atoms with Gasteiger partial charge in [-0.1, -0.05) is 6.07 Å². The number of amides is 1. The van der Waals surface area contributed by atoms with E-state index in [2.05, 4.69) is 4.98 Å². The minimum absolute atomic E-state index is 0.199. The van der Waals surface area contributed by atoms with E-state index in [1.165, 1.54) is 24.4 Å². The predicted molar refractivity (Wildman–Crippen MR) is 71.6 cm³/mol. The van der Waals surface area contributed by atoms with Crippen molar-refractivity contribution < 1.29 is 9.18 Å². The van der Waals surface area contributed by atoms with Gasteiger partial charge in [0.2, 0.25) is 0 Å². The summed E-state index contributed by atoms with van der Waals surface area (Å²) in [5.74, 6) is -0.786. The fraction of sp³-hybridized carbons (Fsp3) is 0.0769. The molecule has 2 rings (SSSR count).